The number of benzene rings is 1. The average molecular weight is 652 g/mol. The Morgan fingerprint density at radius 1 is 1.04 bits per heavy atom. The number of esters is 2. The van der Waals surface area contributed by atoms with Crippen LogP contribution in [0.2, 0.25) is 0 Å². The Morgan fingerprint density at radius 2 is 1.72 bits per heavy atom. The lowest BCUT2D eigenvalue weighted by atomic mass is 9.50. The van der Waals surface area contributed by atoms with Crippen molar-refractivity contribution in [1.29, 1.82) is 0 Å². The van der Waals surface area contributed by atoms with Crippen molar-refractivity contribution in [2.45, 2.75) is 159 Å². The van der Waals surface area contributed by atoms with Gasteiger partial charge in [0.15, 0.2) is 12.2 Å². The normalized spacial score (nSPS) is 26.4. The van der Waals surface area contributed by atoms with E-state index in [0.29, 0.717) is 36.3 Å². The molecule has 1 fully saturated rings. The van der Waals surface area contributed by atoms with Crippen LogP contribution in [0.1, 0.15) is 133 Å². The molecule has 1 aromatic rings. The third-order valence-electron chi connectivity index (χ3n) is 11.1. The Balaban J connectivity index is 1.05. The van der Waals surface area contributed by atoms with Crippen LogP contribution >= 0.6 is 0 Å². The van der Waals surface area contributed by atoms with E-state index in [1.165, 1.54) is 58.3 Å². The fourth-order valence-corrected chi connectivity index (χ4v) is 8.47. The molecule has 1 saturated heterocycles. The monoisotopic (exact) mass is 651 g/mol. The van der Waals surface area contributed by atoms with E-state index in [2.05, 4.69) is 24.0 Å². The summed E-state index contributed by atoms with van der Waals surface area (Å²) in [4.78, 5) is 28.0. The molecule has 0 unspecified atom stereocenters. The molecule has 2 heterocycles. The standard InChI is InChI=1S/C39H57NO7/c1-4-5-6-7-8-9-10-11-12-13-14-15-16-17-18-19-33(42)45-28(2)37(43)46-31-22-23-39(44)32-26-29-20-21-30(27-41)35-34(29)38(39,36(31)47-35)24-25-40(32)3/h11-12,20-22,28,32,36,41,44H,4-10,13-19,23-27H2,1-3H3/b12-11-/t28-,32+,36-,38-,39+/m0/s1. The molecule has 0 radical (unpaired) electrons. The third-order valence-corrected chi connectivity index (χ3v) is 11.1. The predicted molar refractivity (Wildman–Crippen MR) is 182 cm³/mol. The first-order valence-electron chi connectivity index (χ1n) is 18.4. The van der Waals surface area contributed by atoms with Gasteiger partial charge in [0.25, 0.3) is 0 Å². The average Bonchev–Trinajstić information content (AvgIpc) is 3.42. The number of hydrogen-bond donors (Lipinski definition) is 2. The smallest absolute Gasteiger partial charge is 0.352 e. The molecule has 2 N–H and O–H groups in total. The maximum absolute atomic E-state index is 13.2. The Bertz CT molecular complexity index is 1310. The molecular formula is C39H57NO7. The van der Waals surface area contributed by atoms with Gasteiger partial charge in [0.2, 0.25) is 0 Å². The van der Waals surface area contributed by atoms with Crippen LogP contribution in [0.4, 0.5) is 0 Å². The molecule has 1 spiro atoms. The lowest BCUT2D eigenvalue weighted by Crippen LogP contribution is -2.74. The zero-order valence-electron chi connectivity index (χ0n) is 28.9. The third kappa shape index (κ3) is 7.35. The summed E-state index contributed by atoms with van der Waals surface area (Å²) in [7, 11) is 2.04. The predicted octanol–water partition coefficient (Wildman–Crippen LogP) is 6.97. The molecule has 260 valence electrons. The highest BCUT2D eigenvalue weighted by atomic mass is 16.6. The lowest BCUT2D eigenvalue weighted by Gasteiger charge is -2.61. The van der Waals surface area contributed by atoms with Gasteiger partial charge in [-0.25, -0.2) is 4.79 Å². The SMILES string of the molecule is CCCCCCCC/C=C\CCCCCCCC(=O)O[C@@H](C)C(=O)OC1=CC[C@@]2(O)[C@H]3Cc4ccc(CO)c5c4[C@@]2(CCN3C)[C@H]1O5. The van der Waals surface area contributed by atoms with Gasteiger partial charge >= 0.3 is 11.9 Å². The van der Waals surface area contributed by atoms with Crippen LogP contribution in [-0.4, -0.2) is 64.5 Å². The van der Waals surface area contributed by atoms with E-state index in [9.17, 15) is 19.8 Å². The Labute approximate surface area is 281 Å². The van der Waals surface area contributed by atoms with Crippen molar-refractivity contribution in [2.75, 3.05) is 13.6 Å². The highest BCUT2D eigenvalue weighted by Gasteiger charge is 2.71. The maximum atomic E-state index is 13.2. The number of carbonyl (C=O) groups excluding carboxylic acids is 2. The van der Waals surface area contributed by atoms with Crippen LogP contribution in [0.5, 0.6) is 5.75 Å². The second-order valence-electron chi connectivity index (χ2n) is 14.3. The van der Waals surface area contributed by atoms with Crippen molar-refractivity contribution < 1.29 is 34.0 Å². The molecule has 8 nitrogen and oxygen atoms in total. The molecule has 4 aliphatic rings. The summed E-state index contributed by atoms with van der Waals surface area (Å²) in [5.74, 6) is -0.112. The van der Waals surface area contributed by atoms with E-state index in [1.54, 1.807) is 6.08 Å². The van der Waals surface area contributed by atoms with Crippen LogP contribution in [0, 0.1) is 0 Å². The van der Waals surface area contributed by atoms with Gasteiger partial charge in [-0.05, 0) is 77.1 Å². The molecule has 47 heavy (non-hydrogen) atoms. The van der Waals surface area contributed by atoms with E-state index in [4.69, 9.17) is 14.2 Å². The number of aliphatic hydroxyl groups is 2. The second-order valence-corrected chi connectivity index (χ2v) is 14.3. The number of likely N-dealkylation sites (N-methyl/N-ethyl adjacent to an activating group) is 1. The first-order valence-corrected chi connectivity index (χ1v) is 18.4. The number of rotatable bonds is 19. The van der Waals surface area contributed by atoms with Gasteiger partial charge in [-0.2, -0.15) is 0 Å². The van der Waals surface area contributed by atoms with Gasteiger partial charge < -0.3 is 29.3 Å². The van der Waals surface area contributed by atoms with Crippen LogP contribution in [-0.2, 0) is 37.5 Å². The van der Waals surface area contributed by atoms with Gasteiger partial charge in [-0.15, -0.1) is 0 Å². The summed E-state index contributed by atoms with van der Waals surface area (Å²) in [6.45, 7) is 4.37. The fourth-order valence-electron chi connectivity index (χ4n) is 8.47. The minimum Gasteiger partial charge on any atom is -0.481 e. The molecule has 2 aliphatic heterocycles. The molecule has 0 amide bonds. The highest BCUT2D eigenvalue weighted by Crippen LogP contribution is 2.64. The van der Waals surface area contributed by atoms with Crippen molar-refractivity contribution in [3.8, 4) is 5.75 Å². The number of likely N-dealkylation sites (tertiary alicyclic amines) is 1. The van der Waals surface area contributed by atoms with Crippen molar-refractivity contribution in [1.82, 2.24) is 4.90 Å². The number of ether oxygens (including phenoxy) is 3. The van der Waals surface area contributed by atoms with Crippen LogP contribution in [0.3, 0.4) is 0 Å². The van der Waals surface area contributed by atoms with Crippen molar-refractivity contribution >= 4 is 11.9 Å². The van der Waals surface area contributed by atoms with Crippen LogP contribution < -0.4 is 4.74 Å². The Morgan fingerprint density at radius 3 is 2.43 bits per heavy atom. The molecule has 1 aromatic carbocycles. The molecule has 5 atom stereocenters. The van der Waals surface area contributed by atoms with Gasteiger partial charge in [-0.3, -0.25) is 4.79 Å². The van der Waals surface area contributed by atoms with E-state index >= 15 is 0 Å². The van der Waals surface area contributed by atoms with E-state index in [0.717, 1.165) is 49.8 Å². The maximum Gasteiger partial charge on any atom is 0.352 e. The van der Waals surface area contributed by atoms with Gasteiger partial charge in [0, 0.05) is 30.0 Å². The number of nitrogens with zero attached hydrogens (tertiary/aromatic N) is 1. The zero-order valence-corrected chi connectivity index (χ0v) is 28.9. The van der Waals surface area contributed by atoms with Crippen molar-refractivity contribution in [2.24, 2.45) is 0 Å². The Kier molecular flexibility index (Phi) is 12.2. The number of allylic oxidation sites excluding steroid dienone is 2. The number of piperidine rings is 1. The summed E-state index contributed by atoms with van der Waals surface area (Å²) < 4.78 is 17.9. The number of unbranched alkanes of at least 4 members (excludes halogenated alkanes) is 11. The number of aliphatic hydroxyl groups excluding tert-OH is 1. The summed E-state index contributed by atoms with van der Waals surface area (Å²) in [6, 6.07) is 3.81. The minimum atomic E-state index is -1.10. The first kappa shape index (κ1) is 35.6. The second kappa shape index (κ2) is 16.1. The van der Waals surface area contributed by atoms with Crippen LogP contribution in [0.15, 0.2) is 36.1 Å². The fraction of sp³-hybridized carbons (Fsp3) is 0.692. The molecular weight excluding hydrogens is 594 g/mol. The summed E-state index contributed by atoms with van der Waals surface area (Å²) >= 11 is 0. The topological polar surface area (TPSA) is 106 Å². The van der Waals surface area contributed by atoms with Crippen molar-refractivity contribution in [3.63, 3.8) is 0 Å². The van der Waals surface area contributed by atoms with E-state index in [-0.39, 0.29) is 19.1 Å². The van der Waals surface area contributed by atoms with Crippen molar-refractivity contribution in [3.05, 3.63) is 52.8 Å². The number of hydrogen-bond acceptors (Lipinski definition) is 8. The summed E-state index contributed by atoms with van der Waals surface area (Å²) in [5.41, 5.74) is 0.825. The van der Waals surface area contributed by atoms with E-state index in [1.807, 2.05) is 19.2 Å². The Hall–Kier alpha value is -2.68. The zero-order chi connectivity index (χ0) is 33.4. The minimum absolute atomic E-state index is 0.106. The largest absolute Gasteiger partial charge is 0.481 e. The molecule has 2 bridgehead atoms. The molecule has 5 rings (SSSR count). The first-order chi connectivity index (χ1) is 22.8. The highest BCUT2D eigenvalue weighted by molar-refractivity contribution is 5.80. The molecule has 0 aromatic heterocycles. The van der Waals surface area contributed by atoms with Crippen LogP contribution in [0.25, 0.3) is 0 Å². The summed E-state index contributed by atoms with van der Waals surface area (Å²) in [6.07, 6.45) is 22.0. The van der Waals surface area contributed by atoms with E-state index < -0.39 is 35.2 Å². The quantitative estimate of drug-likeness (QED) is 0.0939. The van der Waals surface area contributed by atoms with Gasteiger partial charge in [-0.1, -0.05) is 82.6 Å². The van der Waals surface area contributed by atoms with Gasteiger partial charge in [0.1, 0.15) is 11.5 Å². The molecule has 0 saturated carbocycles. The summed E-state index contributed by atoms with van der Waals surface area (Å²) in [5, 5.41) is 22.4. The number of carbonyl (C=O) groups is 2. The lowest BCUT2D eigenvalue weighted by molar-refractivity contribution is -0.175. The molecule has 2 aliphatic carbocycles. The van der Waals surface area contributed by atoms with Gasteiger partial charge in [0.05, 0.1) is 17.6 Å². The molecule has 8 heteroatoms.